The molecular weight excluding hydrogens is 222 g/mol. The molecule has 0 amide bonds. The molecule has 0 aliphatic rings. The van der Waals surface area contributed by atoms with Crippen molar-refractivity contribution in [2.24, 2.45) is 0 Å². The summed E-state index contributed by atoms with van der Waals surface area (Å²) in [6.07, 6.45) is 0.0381. The molecule has 4 nitrogen and oxygen atoms in total. The third kappa shape index (κ3) is 2.80. The Hall–Kier alpha value is -1.41. The summed E-state index contributed by atoms with van der Waals surface area (Å²) < 4.78 is 5.63. The first-order valence-electron chi connectivity index (χ1n) is 5.21. The maximum atomic E-state index is 8.92. The molecule has 3 N–H and O–H groups in total. The molecule has 0 fully saturated rings. The number of thiophene rings is 1. The molecule has 0 spiro atoms. The van der Waals surface area contributed by atoms with E-state index in [9.17, 15) is 0 Å². The van der Waals surface area contributed by atoms with Gasteiger partial charge in [0.05, 0.1) is 6.10 Å². The summed E-state index contributed by atoms with van der Waals surface area (Å²) in [6, 6.07) is 2.35. The fraction of sp³-hybridized carbons (Fsp3) is 0.545. The molecule has 5 heteroatoms. The first kappa shape index (κ1) is 12.7. The Morgan fingerprint density at radius 1 is 1.38 bits per heavy atom. The molecule has 1 aromatic rings. The van der Waals surface area contributed by atoms with E-state index in [1.807, 2.05) is 27.7 Å². The Bertz CT molecular complexity index is 404. The van der Waals surface area contributed by atoms with Crippen LogP contribution in [0, 0.1) is 11.3 Å². The van der Waals surface area contributed by atoms with Crippen molar-refractivity contribution in [3.63, 3.8) is 0 Å². The number of rotatable bonds is 4. The van der Waals surface area contributed by atoms with Gasteiger partial charge >= 0.3 is 0 Å². The summed E-state index contributed by atoms with van der Waals surface area (Å²) in [7, 11) is 0. The van der Waals surface area contributed by atoms with Crippen molar-refractivity contribution in [2.75, 3.05) is 11.1 Å². The zero-order chi connectivity index (χ0) is 12.3. The Kier molecular flexibility index (Phi) is 4.02. The average Bonchev–Trinajstić information content (AvgIpc) is 2.44. The summed E-state index contributed by atoms with van der Waals surface area (Å²) >= 11 is 1.33. The van der Waals surface area contributed by atoms with Crippen molar-refractivity contribution in [3.8, 4) is 11.8 Å². The van der Waals surface area contributed by atoms with E-state index < -0.39 is 0 Å². The minimum atomic E-state index is 0.0381. The van der Waals surface area contributed by atoms with Gasteiger partial charge in [0.15, 0.2) is 5.75 Å². The SMILES string of the molecule is CC(C)Nc1sc(C#N)c(N)c1OC(C)C. The topological polar surface area (TPSA) is 71.1 Å². The van der Waals surface area contributed by atoms with Crippen LogP contribution in [0.15, 0.2) is 0 Å². The average molecular weight is 239 g/mol. The van der Waals surface area contributed by atoms with E-state index in [1.165, 1.54) is 11.3 Å². The van der Waals surface area contributed by atoms with Gasteiger partial charge in [-0.15, -0.1) is 11.3 Å². The highest BCUT2D eigenvalue weighted by Crippen LogP contribution is 2.42. The van der Waals surface area contributed by atoms with Gasteiger partial charge in [0.25, 0.3) is 0 Å². The van der Waals surface area contributed by atoms with Crippen LogP contribution in [0.4, 0.5) is 10.7 Å². The minimum Gasteiger partial charge on any atom is -0.486 e. The van der Waals surface area contributed by atoms with Crippen molar-refractivity contribution in [2.45, 2.75) is 39.8 Å². The summed E-state index contributed by atoms with van der Waals surface area (Å²) in [6.45, 7) is 7.92. The lowest BCUT2D eigenvalue weighted by Crippen LogP contribution is -2.12. The lowest BCUT2D eigenvalue weighted by molar-refractivity contribution is 0.246. The van der Waals surface area contributed by atoms with Crippen LogP contribution in [0.3, 0.4) is 0 Å². The Morgan fingerprint density at radius 2 is 2.00 bits per heavy atom. The van der Waals surface area contributed by atoms with E-state index in [2.05, 4.69) is 11.4 Å². The molecule has 1 aromatic heterocycles. The molecule has 0 aliphatic carbocycles. The van der Waals surface area contributed by atoms with E-state index in [1.54, 1.807) is 0 Å². The molecule has 1 rings (SSSR count). The first-order chi connectivity index (χ1) is 7.45. The van der Waals surface area contributed by atoms with Crippen LogP contribution in [0.5, 0.6) is 5.75 Å². The molecule has 0 aromatic carbocycles. The van der Waals surface area contributed by atoms with E-state index in [0.717, 1.165) is 5.00 Å². The van der Waals surface area contributed by atoms with Gasteiger partial charge in [0.2, 0.25) is 0 Å². The number of hydrogen-bond acceptors (Lipinski definition) is 5. The second-order valence-electron chi connectivity index (χ2n) is 4.08. The van der Waals surface area contributed by atoms with Gasteiger partial charge < -0.3 is 15.8 Å². The van der Waals surface area contributed by atoms with Gasteiger partial charge in [-0.1, -0.05) is 0 Å². The molecular formula is C11H17N3OS. The number of nitrogens with two attached hydrogens (primary N) is 1. The number of hydrogen-bond donors (Lipinski definition) is 2. The van der Waals surface area contributed by atoms with Crippen molar-refractivity contribution < 1.29 is 4.74 Å². The van der Waals surface area contributed by atoms with Crippen molar-refractivity contribution >= 4 is 22.0 Å². The Morgan fingerprint density at radius 3 is 2.44 bits per heavy atom. The van der Waals surface area contributed by atoms with Crippen LogP contribution in [0.1, 0.15) is 32.6 Å². The van der Waals surface area contributed by atoms with Gasteiger partial charge in [0, 0.05) is 6.04 Å². The predicted molar refractivity (Wildman–Crippen MR) is 68.0 cm³/mol. The highest BCUT2D eigenvalue weighted by atomic mass is 32.1. The lowest BCUT2D eigenvalue weighted by Gasteiger charge is -2.14. The van der Waals surface area contributed by atoms with Crippen LogP contribution < -0.4 is 15.8 Å². The Labute approximate surface area is 100 Å². The standard InChI is InChI=1S/C11H17N3OS/c1-6(2)14-11-10(15-7(3)4)9(13)8(5-12)16-11/h6-7,14H,13H2,1-4H3. The lowest BCUT2D eigenvalue weighted by atomic mass is 10.3. The van der Waals surface area contributed by atoms with Crippen LogP contribution in [-0.4, -0.2) is 12.1 Å². The zero-order valence-electron chi connectivity index (χ0n) is 10.00. The third-order valence-electron chi connectivity index (χ3n) is 1.77. The number of anilines is 2. The minimum absolute atomic E-state index is 0.0381. The normalized spacial score (nSPS) is 10.6. The van der Waals surface area contributed by atoms with E-state index >= 15 is 0 Å². The molecule has 0 aliphatic heterocycles. The van der Waals surface area contributed by atoms with Crippen LogP contribution >= 0.6 is 11.3 Å². The smallest absolute Gasteiger partial charge is 0.178 e. The summed E-state index contributed by atoms with van der Waals surface area (Å²) in [5.74, 6) is 0.602. The second kappa shape index (κ2) is 5.08. The molecule has 0 unspecified atom stereocenters. The maximum Gasteiger partial charge on any atom is 0.178 e. The van der Waals surface area contributed by atoms with Crippen molar-refractivity contribution in [3.05, 3.63) is 4.88 Å². The largest absolute Gasteiger partial charge is 0.486 e. The zero-order valence-corrected chi connectivity index (χ0v) is 10.8. The van der Waals surface area contributed by atoms with Crippen LogP contribution in [0.25, 0.3) is 0 Å². The van der Waals surface area contributed by atoms with Gasteiger partial charge in [-0.25, -0.2) is 0 Å². The number of ether oxygens (including phenoxy) is 1. The van der Waals surface area contributed by atoms with E-state index in [4.69, 9.17) is 15.7 Å². The Balaban J connectivity index is 3.10. The fourth-order valence-corrected chi connectivity index (χ4v) is 2.22. The predicted octanol–water partition coefficient (Wildman–Crippen LogP) is 2.81. The van der Waals surface area contributed by atoms with Gasteiger partial charge in [-0.2, -0.15) is 5.26 Å². The quantitative estimate of drug-likeness (QED) is 0.847. The molecule has 0 radical (unpaired) electrons. The van der Waals surface area contributed by atoms with Crippen LogP contribution in [-0.2, 0) is 0 Å². The van der Waals surface area contributed by atoms with Crippen molar-refractivity contribution in [1.82, 2.24) is 0 Å². The first-order valence-corrected chi connectivity index (χ1v) is 6.02. The molecule has 0 atom stereocenters. The number of nitrogen functional groups attached to an aromatic ring is 1. The monoisotopic (exact) mass is 239 g/mol. The van der Waals surface area contributed by atoms with E-state index in [-0.39, 0.29) is 12.1 Å². The second-order valence-corrected chi connectivity index (χ2v) is 5.10. The molecule has 0 saturated carbocycles. The number of nitrogens with one attached hydrogen (secondary N) is 1. The molecule has 0 saturated heterocycles. The summed E-state index contributed by atoms with van der Waals surface area (Å²) in [4.78, 5) is 0.499. The fourth-order valence-electron chi connectivity index (χ4n) is 1.22. The molecule has 1 heterocycles. The third-order valence-corrected chi connectivity index (χ3v) is 2.80. The van der Waals surface area contributed by atoms with E-state index in [0.29, 0.717) is 16.3 Å². The van der Waals surface area contributed by atoms with Gasteiger partial charge in [-0.05, 0) is 27.7 Å². The number of nitrogens with zero attached hydrogens (tertiary/aromatic N) is 1. The van der Waals surface area contributed by atoms with Gasteiger partial charge in [-0.3, -0.25) is 0 Å². The highest BCUT2D eigenvalue weighted by Gasteiger charge is 2.18. The van der Waals surface area contributed by atoms with Crippen LogP contribution in [0.2, 0.25) is 0 Å². The summed E-state index contributed by atoms with van der Waals surface area (Å²) in [5.41, 5.74) is 6.30. The van der Waals surface area contributed by atoms with Gasteiger partial charge in [0.1, 0.15) is 21.6 Å². The molecule has 0 bridgehead atoms. The van der Waals surface area contributed by atoms with Crippen molar-refractivity contribution in [1.29, 1.82) is 5.26 Å². The number of nitriles is 1. The molecule has 88 valence electrons. The maximum absolute atomic E-state index is 8.92. The highest BCUT2D eigenvalue weighted by molar-refractivity contribution is 7.17. The summed E-state index contributed by atoms with van der Waals surface area (Å²) in [5, 5.41) is 13.0. The molecule has 16 heavy (non-hydrogen) atoms.